The number of hydrogen-bond donors (Lipinski definition) is 7. The minimum atomic E-state index is -1.05. The number of guanidine groups is 1. The molecule has 11 nitrogen and oxygen atoms in total. The first-order valence-electron chi connectivity index (χ1n) is 9.34. The normalized spacial score (nSPS) is 13.1. The average Bonchev–Trinajstić information content (AvgIpc) is 2.68. The first kappa shape index (κ1) is 26.8. The summed E-state index contributed by atoms with van der Waals surface area (Å²) in [5.41, 5.74) is 16.4. The standard InChI is InChI=1S/C13H17NO4.C6H14N4O2/c1-9(12(15)16)14-11(13(17)18)8-7-10-5-3-2-4-6-10;7-4(5(11)12)2-1-3-10-6(8)9/h2-6,9,11,14H,7-8H2,1H3,(H,15,16)(H,17,18);4H,1-3,7H2,(H,11,12)(H4,8,9,10)/t9-,11+;4-/m10/s1. The van der Waals surface area contributed by atoms with Crippen molar-refractivity contribution in [1.29, 1.82) is 0 Å². The molecule has 1 aromatic carbocycles. The van der Waals surface area contributed by atoms with Crippen LogP contribution in [0.3, 0.4) is 0 Å². The lowest BCUT2D eigenvalue weighted by Crippen LogP contribution is -2.45. The van der Waals surface area contributed by atoms with Crippen LogP contribution in [0, 0.1) is 0 Å². The highest BCUT2D eigenvalue weighted by Gasteiger charge is 2.22. The maximum atomic E-state index is 11.0. The highest BCUT2D eigenvalue weighted by Crippen LogP contribution is 2.06. The number of aliphatic carboxylic acids is 3. The molecule has 0 saturated heterocycles. The topological polar surface area (TPSA) is 214 Å². The van der Waals surface area contributed by atoms with Gasteiger partial charge in [0, 0.05) is 6.54 Å². The fourth-order valence-corrected chi connectivity index (χ4v) is 2.25. The van der Waals surface area contributed by atoms with Crippen LogP contribution in [-0.2, 0) is 20.8 Å². The summed E-state index contributed by atoms with van der Waals surface area (Å²) in [4.78, 5) is 35.6. The van der Waals surface area contributed by atoms with Gasteiger partial charge in [-0.3, -0.25) is 24.7 Å². The number of aryl methyl sites for hydroxylation is 1. The van der Waals surface area contributed by atoms with Gasteiger partial charge in [-0.15, -0.1) is 0 Å². The predicted octanol–water partition coefficient (Wildman–Crippen LogP) is -0.413. The van der Waals surface area contributed by atoms with Crippen molar-refractivity contribution in [3.8, 4) is 0 Å². The van der Waals surface area contributed by atoms with E-state index in [1.807, 2.05) is 30.3 Å². The molecule has 0 heterocycles. The molecule has 1 rings (SSSR count). The van der Waals surface area contributed by atoms with E-state index >= 15 is 0 Å². The van der Waals surface area contributed by atoms with Gasteiger partial charge in [0.1, 0.15) is 18.1 Å². The largest absolute Gasteiger partial charge is 0.480 e. The van der Waals surface area contributed by atoms with Crippen molar-refractivity contribution >= 4 is 23.9 Å². The summed E-state index contributed by atoms with van der Waals surface area (Å²) in [5.74, 6) is -3.07. The third kappa shape index (κ3) is 13.1. The maximum absolute atomic E-state index is 11.0. The Hall–Kier alpha value is -3.18. The second kappa shape index (κ2) is 14.8. The van der Waals surface area contributed by atoms with Crippen molar-refractivity contribution in [3.63, 3.8) is 0 Å². The van der Waals surface area contributed by atoms with Gasteiger partial charge in [0.15, 0.2) is 5.96 Å². The van der Waals surface area contributed by atoms with E-state index in [2.05, 4.69) is 10.3 Å². The highest BCUT2D eigenvalue weighted by atomic mass is 16.4. The van der Waals surface area contributed by atoms with E-state index in [0.717, 1.165) is 5.56 Å². The lowest BCUT2D eigenvalue weighted by Gasteiger charge is -2.17. The Morgan fingerprint density at radius 1 is 1.00 bits per heavy atom. The molecule has 3 atom stereocenters. The molecule has 0 aliphatic carbocycles. The SMILES string of the molecule is C[C@@H](N[C@@H](CCc1ccccc1)C(=O)O)C(=O)O.NC(N)=NCCC[C@H](N)C(=O)O. The molecule has 168 valence electrons. The first-order valence-corrected chi connectivity index (χ1v) is 9.34. The van der Waals surface area contributed by atoms with Gasteiger partial charge in [-0.25, -0.2) is 0 Å². The van der Waals surface area contributed by atoms with Crippen LogP contribution in [0.2, 0.25) is 0 Å². The van der Waals surface area contributed by atoms with Crippen molar-refractivity contribution in [2.75, 3.05) is 6.54 Å². The van der Waals surface area contributed by atoms with Crippen LogP contribution in [0.15, 0.2) is 35.3 Å². The van der Waals surface area contributed by atoms with Gasteiger partial charge in [0.25, 0.3) is 0 Å². The summed E-state index contributed by atoms with van der Waals surface area (Å²) >= 11 is 0. The molecule has 0 bridgehead atoms. The Morgan fingerprint density at radius 2 is 1.60 bits per heavy atom. The molecule has 0 amide bonds. The van der Waals surface area contributed by atoms with Crippen LogP contribution in [0.25, 0.3) is 0 Å². The summed E-state index contributed by atoms with van der Waals surface area (Å²) in [7, 11) is 0. The third-order valence-corrected chi connectivity index (χ3v) is 3.97. The molecule has 0 saturated carbocycles. The fraction of sp³-hybridized carbons (Fsp3) is 0.474. The number of benzene rings is 1. The van der Waals surface area contributed by atoms with E-state index in [1.54, 1.807) is 0 Å². The third-order valence-electron chi connectivity index (χ3n) is 3.97. The molecule has 0 fully saturated rings. The first-order chi connectivity index (χ1) is 14.0. The van der Waals surface area contributed by atoms with Gasteiger partial charge < -0.3 is 32.5 Å². The molecule has 0 radical (unpaired) electrons. The maximum Gasteiger partial charge on any atom is 0.320 e. The Labute approximate surface area is 175 Å². The second-order valence-electron chi connectivity index (χ2n) is 6.54. The number of carboxylic acids is 3. The van der Waals surface area contributed by atoms with Gasteiger partial charge in [-0.05, 0) is 38.2 Å². The fourth-order valence-electron chi connectivity index (χ4n) is 2.25. The summed E-state index contributed by atoms with van der Waals surface area (Å²) < 4.78 is 0. The molecule has 1 aromatic rings. The number of nitrogens with one attached hydrogen (secondary N) is 1. The minimum Gasteiger partial charge on any atom is -0.480 e. The lowest BCUT2D eigenvalue weighted by molar-refractivity contribution is -0.142. The zero-order chi connectivity index (χ0) is 23.1. The van der Waals surface area contributed by atoms with Crippen LogP contribution in [0.5, 0.6) is 0 Å². The van der Waals surface area contributed by atoms with Crippen molar-refractivity contribution < 1.29 is 29.7 Å². The van der Waals surface area contributed by atoms with Gasteiger partial charge in [-0.1, -0.05) is 30.3 Å². The Kier molecular flexibility index (Phi) is 13.2. The number of carboxylic acid groups (broad SMARTS) is 3. The monoisotopic (exact) mass is 425 g/mol. The van der Waals surface area contributed by atoms with E-state index in [9.17, 15) is 14.4 Å². The van der Waals surface area contributed by atoms with Gasteiger partial charge in [0.2, 0.25) is 0 Å². The van der Waals surface area contributed by atoms with E-state index < -0.39 is 36.0 Å². The molecule has 0 spiro atoms. The Balaban J connectivity index is 0.000000612. The summed E-state index contributed by atoms with van der Waals surface area (Å²) in [6.45, 7) is 1.85. The van der Waals surface area contributed by atoms with E-state index in [1.165, 1.54) is 6.92 Å². The molecule has 11 heteroatoms. The number of hydrogen-bond acceptors (Lipinski definition) is 6. The smallest absolute Gasteiger partial charge is 0.320 e. The Bertz CT molecular complexity index is 694. The molecule has 0 unspecified atom stereocenters. The highest BCUT2D eigenvalue weighted by molar-refractivity contribution is 5.77. The van der Waals surface area contributed by atoms with Crippen molar-refractivity contribution in [2.45, 2.75) is 50.7 Å². The zero-order valence-electron chi connectivity index (χ0n) is 16.9. The second-order valence-corrected chi connectivity index (χ2v) is 6.54. The van der Waals surface area contributed by atoms with Crippen molar-refractivity contribution in [3.05, 3.63) is 35.9 Å². The number of rotatable bonds is 12. The summed E-state index contributed by atoms with van der Waals surface area (Å²) in [6, 6.07) is 6.95. The van der Waals surface area contributed by atoms with E-state index in [-0.39, 0.29) is 5.96 Å². The molecule has 0 aliphatic heterocycles. The van der Waals surface area contributed by atoms with Crippen LogP contribution in [-0.4, -0.2) is 63.9 Å². The number of nitrogens with zero attached hydrogens (tertiary/aromatic N) is 1. The quantitative estimate of drug-likeness (QED) is 0.130. The van der Waals surface area contributed by atoms with Crippen LogP contribution >= 0.6 is 0 Å². The Morgan fingerprint density at radius 3 is 2.07 bits per heavy atom. The van der Waals surface area contributed by atoms with Crippen LogP contribution in [0.1, 0.15) is 31.7 Å². The predicted molar refractivity (Wildman–Crippen MR) is 112 cm³/mol. The molecule has 0 aliphatic rings. The van der Waals surface area contributed by atoms with Crippen LogP contribution < -0.4 is 22.5 Å². The van der Waals surface area contributed by atoms with Gasteiger partial charge in [0.05, 0.1) is 0 Å². The van der Waals surface area contributed by atoms with Crippen molar-refractivity contribution in [2.24, 2.45) is 22.2 Å². The summed E-state index contributed by atoms with van der Waals surface area (Å²) in [5, 5.41) is 28.7. The lowest BCUT2D eigenvalue weighted by atomic mass is 10.0. The minimum absolute atomic E-state index is 0.0129. The molecular formula is C19H31N5O6. The van der Waals surface area contributed by atoms with E-state index in [4.69, 9.17) is 32.5 Å². The molecule has 10 N–H and O–H groups in total. The zero-order valence-corrected chi connectivity index (χ0v) is 16.9. The molecule has 30 heavy (non-hydrogen) atoms. The van der Waals surface area contributed by atoms with Gasteiger partial charge in [-0.2, -0.15) is 0 Å². The molecule has 0 aromatic heterocycles. The number of nitrogens with two attached hydrogens (primary N) is 3. The van der Waals surface area contributed by atoms with Gasteiger partial charge >= 0.3 is 17.9 Å². The molecular weight excluding hydrogens is 394 g/mol. The van der Waals surface area contributed by atoms with E-state index in [0.29, 0.717) is 32.2 Å². The van der Waals surface area contributed by atoms with Crippen molar-refractivity contribution in [1.82, 2.24) is 5.32 Å². The van der Waals surface area contributed by atoms with Crippen LogP contribution in [0.4, 0.5) is 0 Å². The number of carbonyl (C=O) groups is 3. The average molecular weight is 425 g/mol. The summed E-state index contributed by atoms with van der Waals surface area (Å²) in [6.07, 6.45) is 1.91. The number of aliphatic imine (C=N–C) groups is 1.